The first-order valence-electron chi connectivity index (χ1n) is 4.80. The third-order valence-corrected chi connectivity index (χ3v) is 2.13. The Labute approximate surface area is 96.8 Å². The maximum absolute atomic E-state index is 10.6. The minimum absolute atomic E-state index is 0.264. The van der Waals surface area contributed by atoms with Crippen LogP contribution in [-0.4, -0.2) is 25.8 Å². The summed E-state index contributed by atoms with van der Waals surface area (Å²) >= 11 is 0. The molecule has 84 valence electrons. The van der Waals surface area contributed by atoms with Gasteiger partial charge in [-0.05, 0) is 12.1 Å². The van der Waals surface area contributed by atoms with Crippen LogP contribution < -0.4 is 0 Å². The predicted octanol–water partition coefficient (Wildman–Crippen LogP) is 0.901. The van der Waals surface area contributed by atoms with Crippen molar-refractivity contribution in [2.24, 2.45) is 0 Å². The summed E-state index contributed by atoms with van der Waals surface area (Å²) in [4.78, 5) is 14.4. The SMILES string of the molecule is N#Cc1cn(CC(=O)O)nc1-c1ccncc1. The van der Waals surface area contributed by atoms with E-state index in [1.807, 2.05) is 6.07 Å². The lowest BCUT2D eigenvalue weighted by molar-refractivity contribution is -0.137. The van der Waals surface area contributed by atoms with Gasteiger partial charge in [0.05, 0.1) is 5.56 Å². The molecule has 0 bridgehead atoms. The van der Waals surface area contributed by atoms with Crippen molar-refractivity contribution >= 4 is 5.97 Å². The van der Waals surface area contributed by atoms with Gasteiger partial charge >= 0.3 is 5.97 Å². The van der Waals surface area contributed by atoms with E-state index >= 15 is 0 Å². The van der Waals surface area contributed by atoms with Crippen LogP contribution in [0, 0.1) is 11.3 Å². The first-order chi connectivity index (χ1) is 8.20. The molecule has 0 aromatic carbocycles. The van der Waals surface area contributed by atoms with E-state index in [1.54, 1.807) is 24.5 Å². The summed E-state index contributed by atoms with van der Waals surface area (Å²) in [5, 5.41) is 21.7. The second kappa shape index (κ2) is 4.45. The summed E-state index contributed by atoms with van der Waals surface area (Å²) in [6, 6.07) is 5.42. The summed E-state index contributed by atoms with van der Waals surface area (Å²) in [5.74, 6) is -1.00. The smallest absolute Gasteiger partial charge is 0.325 e. The molecule has 0 radical (unpaired) electrons. The summed E-state index contributed by atoms with van der Waals surface area (Å²) < 4.78 is 1.23. The second-order valence-electron chi connectivity index (χ2n) is 3.33. The van der Waals surface area contributed by atoms with Crippen LogP contribution in [0.1, 0.15) is 5.56 Å². The van der Waals surface area contributed by atoms with Crippen molar-refractivity contribution in [3.63, 3.8) is 0 Å². The van der Waals surface area contributed by atoms with Crippen molar-refractivity contribution in [3.05, 3.63) is 36.3 Å². The van der Waals surface area contributed by atoms with Crippen LogP contribution in [-0.2, 0) is 11.3 Å². The predicted molar refractivity (Wildman–Crippen MR) is 57.8 cm³/mol. The van der Waals surface area contributed by atoms with E-state index < -0.39 is 5.97 Å². The van der Waals surface area contributed by atoms with Crippen molar-refractivity contribution in [3.8, 4) is 17.3 Å². The number of aromatic nitrogens is 3. The lowest BCUT2D eigenvalue weighted by atomic mass is 10.1. The van der Waals surface area contributed by atoms with E-state index in [0.29, 0.717) is 11.3 Å². The Kier molecular flexibility index (Phi) is 2.83. The van der Waals surface area contributed by atoms with Gasteiger partial charge in [-0.15, -0.1) is 0 Å². The van der Waals surface area contributed by atoms with Gasteiger partial charge in [0.15, 0.2) is 0 Å². The fourth-order valence-corrected chi connectivity index (χ4v) is 1.45. The molecular formula is C11H8N4O2. The number of rotatable bonds is 3. The van der Waals surface area contributed by atoms with Crippen molar-refractivity contribution < 1.29 is 9.90 Å². The first-order valence-corrected chi connectivity index (χ1v) is 4.80. The summed E-state index contributed by atoms with van der Waals surface area (Å²) in [6.07, 6.45) is 4.60. The average Bonchev–Trinajstić information content (AvgIpc) is 2.72. The van der Waals surface area contributed by atoms with Gasteiger partial charge in [0.1, 0.15) is 18.3 Å². The molecule has 2 heterocycles. The first kappa shape index (κ1) is 10.8. The highest BCUT2D eigenvalue weighted by molar-refractivity contribution is 5.68. The molecule has 1 N–H and O–H groups in total. The Morgan fingerprint density at radius 1 is 1.47 bits per heavy atom. The van der Waals surface area contributed by atoms with Gasteiger partial charge in [0, 0.05) is 24.2 Å². The molecule has 6 nitrogen and oxygen atoms in total. The largest absolute Gasteiger partial charge is 0.480 e. The summed E-state index contributed by atoms with van der Waals surface area (Å²) in [5.41, 5.74) is 1.55. The minimum Gasteiger partial charge on any atom is -0.480 e. The standard InChI is InChI=1S/C11H8N4O2/c12-5-9-6-15(7-10(16)17)14-11(9)8-1-3-13-4-2-8/h1-4,6H,7H2,(H,16,17). The third kappa shape index (κ3) is 2.29. The Hall–Kier alpha value is -2.68. The molecular weight excluding hydrogens is 220 g/mol. The molecule has 0 atom stereocenters. The van der Waals surface area contributed by atoms with Crippen LogP contribution in [0.2, 0.25) is 0 Å². The number of nitrogens with zero attached hydrogens (tertiary/aromatic N) is 4. The van der Waals surface area contributed by atoms with Crippen LogP contribution >= 0.6 is 0 Å². The van der Waals surface area contributed by atoms with E-state index in [2.05, 4.69) is 10.1 Å². The Balaban J connectivity index is 2.44. The fourth-order valence-electron chi connectivity index (χ4n) is 1.45. The molecule has 0 spiro atoms. The van der Waals surface area contributed by atoms with Gasteiger partial charge in [0.25, 0.3) is 0 Å². The number of hydrogen-bond acceptors (Lipinski definition) is 4. The molecule has 2 aromatic heterocycles. The zero-order valence-corrected chi connectivity index (χ0v) is 8.74. The number of carbonyl (C=O) groups is 1. The molecule has 0 aliphatic carbocycles. The van der Waals surface area contributed by atoms with Crippen LogP contribution in [0.25, 0.3) is 11.3 Å². The molecule has 0 aliphatic heterocycles. The molecule has 0 saturated heterocycles. The number of pyridine rings is 1. The van der Waals surface area contributed by atoms with E-state index in [-0.39, 0.29) is 6.54 Å². The zero-order valence-electron chi connectivity index (χ0n) is 8.74. The second-order valence-corrected chi connectivity index (χ2v) is 3.33. The Bertz CT molecular complexity index is 583. The van der Waals surface area contributed by atoms with Crippen molar-refractivity contribution in [2.45, 2.75) is 6.54 Å². The normalized spacial score (nSPS) is 9.82. The van der Waals surface area contributed by atoms with Gasteiger partial charge < -0.3 is 5.11 Å². The van der Waals surface area contributed by atoms with Crippen LogP contribution in [0.15, 0.2) is 30.7 Å². The maximum atomic E-state index is 10.6. The van der Waals surface area contributed by atoms with Crippen LogP contribution in [0.3, 0.4) is 0 Å². The lowest BCUT2D eigenvalue weighted by Gasteiger charge is -1.96. The summed E-state index contributed by atoms with van der Waals surface area (Å²) in [6.45, 7) is -0.264. The fraction of sp³-hybridized carbons (Fsp3) is 0.0909. The number of hydrogen-bond donors (Lipinski definition) is 1. The molecule has 2 rings (SSSR count). The molecule has 0 saturated carbocycles. The molecule has 0 amide bonds. The van der Waals surface area contributed by atoms with E-state index in [0.717, 1.165) is 5.56 Å². The van der Waals surface area contributed by atoms with Crippen LogP contribution in [0.4, 0.5) is 0 Å². The monoisotopic (exact) mass is 228 g/mol. The quantitative estimate of drug-likeness (QED) is 0.842. The highest BCUT2D eigenvalue weighted by atomic mass is 16.4. The molecule has 2 aromatic rings. The number of aliphatic carboxylic acids is 1. The van der Waals surface area contributed by atoms with Crippen molar-refractivity contribution in [2.75, 3.05) is 0 Å². The topological polar surface area (TPSA) is 91.8 Å². The number of carboxylic acid groups (broad SMARTS) is 1. The molecule has 0 fully saturated rings. The highest BCUT2D eigenvalue weighted by Gasteiger charge is 2.11. The van der Waals surface area contributed by atoms with Crippen molar-refractivity contribution in [1.82, 2.24) is 14.8 Å². The van der Waals surface area contributed by atoms with E-state index in [4.69, 9.17) is 10.4 Å². The van der Waals surface area contributed by atoms with E-state index in [9.17, 15) is 4.79 Å². The number of nitriles is 1. The highest BCUT2D eigenvalue weighted by Crippen LogP contribution is 2.20. The van der Waals surface area contributed by atoms with Crippen molar-refractivity contribution in [1.29, 1.82) is 5.26 Å². The van der Waals surface area contributed by atoms with E-state index in [1.165, 1.54) is 10.9 Å². The number of carboxylic acids is 1. The zero-order chi connectivity index (χ0) is 12.3. The van der Waals surface area contributed by atoms with Gasteiger partial charge in [-0.25, -0.2) is 0 Å². The molecule has 6 heteroatoms. The Morgan fingerprint density at radius 3 is 2.76 bits per heavy atom. The van der Waals surface area contributed by atoms with Gasteiger partial charge in [-0.3, -0.25) is 14.5 Å². The maximum Gasteiger partial charge on any atom is 0.325 e. The summed E-state index contributed by atoms with van der Waals surface area (Å²) in [7, 11) is 0. The average molecular weight is 228 g/mol. The van der Waals surface area contributed by atoms with Gasteiger partial charge in [-0.2, -0.15) is 10.4 Å². The van der Waals surface area contributed by atoms with Gasteiger partial charge in [0.2, 0.25) is 0 Å². The molecule has 17 heavy (non-hydrogen) atoms. The minimum atomic E-state index is -1.00. The lowest BCUT2D eigenvalue weighted by Crippen LogP contribution is -2.08. The van der Waals surface area contributed by atoms with Crippen LogP contribution in [0.5, 0.6) is 0 Å². The third-order valence-electron chi connectivity index (χ3n) is 2.13. The molecule has 0 unspecified atom stereocenters. The Morgan fingerprint density at radius 2 is 2.18 bits per heavy atom. The van der Waals surface area contributed by atoms with Gasteiger partial charge in [-0.1, -0.05) is 0 Å². The molecule has 0 aliphatic rings.